The molecule has 0 unspecified atom stereocenters. The number of aryl methyl sites for hydroxylation is 1. The monoisotopic (exact) mass is 339 g/mol. The molecular formula is C13H18BrN5O. The molecule has 0 radical (unpaired) electrons. The van der Waals surface area contributed by atoms with Crippen molar-refractivity contribution in [3.63, 3.8) is 0 Å². The average molecular weight is 340 g/mol. The fourth-order valence-corrected chi connectivity index (χ4v) is 2.16. The Morgan fingerprint density at radius 3 is 2.95 bits per heavy atom. The summed E-state index contributed by atoms with van der Waals surface area (Å²) in [5.74, 6) is 1.41. The third kappa shape index (κ3) is 4.28. The maximum Gasteiger partial charge on any atom is 0.212 e. The lowest BCUT2D eigenvalue weighted by molar-refractivity contribution is 0.291. The van der Waals surface area contributed by atoms with E-state index >= 15 is 0 Å². The summed E-state index contributed by atoms with van der Waals surface area (Å²) in [6, 6.07) is 5.97. The first kappa shape index (κ1) is 14.9. The number of halogens is 1. The van der Waals surface area contributed by atoms with Gasteiger partial charge in [0, 0.05) is 16.6 Å². The van der Waals surface area contributed by atoms with Crippen molar-refractivity contribution >= 4 is 15.9 Å². The van der Waals surface area contributed by atoms with E-state index in [1.54, 1.807) is 7.05 Å². The summed E-state index contributed by atoms with van der Waals surface area (Å²) in [4.78, 5) is 1.42. The number of aromatic nitrogens is 4. The van der Waals surface area contributed by atoms with Crippen molar-refractivity contribution in [3.8, 4) is 5.75 Å². The summed E-state index contributed by atoms with van der Waals surface area (Å²) >= 11 is 3.48. The smallest absolute Gasteiger partial charge is 0.212 e. The number of nitrogens with one attached hydrogen (secondary N) is 1. The molecule has 0 aliphatic rings. The molecule has 7 heteroatoms. The van der Waals surface area contributed by atoms with Crippen molar-refractivity contribution in [2.45, 2.75) is 26.5 Å². The molecule has 1 aromatic heterocycles. The number of ether oxygens (including phenoxy) is 1. The van der Waals surface area contributed by atoms with Crippen LogP contribution in [-0.4, -0.2) is 26.8 Å². The van der Waals surface area contributed by atoms with Gasteiger partial charge in [0.2, 0.25) is 5.82 Å². The third-order valence-electron chi connectivity index (χ3n) is 2.67. The quantitative estimate of drug-likeness (QED) is 0.782. The number of tetrazole rings is 1. The molecule has 0 bridgehead atoms. The number of hydrogen-bond donors (Lipinski definition) is 1. The van der Waals surface area contributed by atoms with Gasteiger partial charge >= 0.3 is 0 Å². The SMILES string of the molecule is CCCNCc1cc(Br)ccc1OCc1nnn(C)n1. The van der Waals surface area contributed by atoms with E-state index in [9.17, 15) is 0 Å². The number of nitrogens with zero attached hydrogens (tertiary/aromatic N) is 4. The highest BCUT2D eigenvalue weighted by atomic mass is 79.9. The van der Waals surface area contributed by atoms with E-state index in [-0.39, 0.29) is 0 Å². The van der Waals surface area contributed by atoms with E-state index in [0.717, 1.165) is 35.3 Å². The fraction of sp³-hybridized carbons (Fsp3) is 0.462. The summed E-state index contributed by atoms with van der Waals surface area (Å²) in [6.07, 6.45) is 1.10. The van der Waals surface area contributed by atoms with Crippen LogP contribution in [0.15, 0.2) is 22.7 Å². The molecule has 0 atom stereocenters. The zero-order valence-corrected chi connectivity index (χ0v) is 13.2. The molecule has 1 N–H and O–H groups in total. The van der Waals surface area contributed by atoms with Crippen LogP contribution in [0.3, 0.4) is 0 Å². The first-order chi connectivity index (χ1) is 9.69. The molecule has 6 nitrogen and oxygen atoms in total. The predicted octanol–water partition coefficient (Wildman–Crippen LogP) is 2.05. The Bertz CT molecular complexity index is 557. The Labute approximate surface area is 126 Å². The van der Waals surface area contributed by atoms with Crippen LogP contribution in [0.25, 0.3) is 0 Å². The Kier molecular flexibility index (Phi) is 5.49. The van der Waals surface area contributed by atoms with Crippen LogP contribution >= 0.6 is 15.9 Å². The van der Waals surface area contributed by atoms with Gasteiger partial charge < -0.3 is 10.1 Å². The molecule has 0 spiro atoms. The number of rotatable bonds is 7. The van der Waals surface area contributed by atoms with Crippen molar-refractivity contribution in [1.29, 1.82) is 0 Å². The average Bonchev–Trinajstić information content (AvgIpc) is 2.84. The molecule has 1 aromatic carbocycles. The van der Waals surface area contributed by atoms with Gasteiger partial charge in [-0.3, -0.25) is 0 Å². The van der Waals surface area contributed by atoms with Crippen molar-refractivity contribution in [2.75, 3.05) is 6.54 Å². The van der Waals surface area contributed by atoms with Crippen molar-refractivity contribution in [1.82, 2.24) is 25.5 Å². The number of hydrogen-bond acceptors (Lipinski definition) is 5. The van der Waals surface area contributed by atoms with Crippen LogP contribution in [-0.2, 0) is 20.2 Å². The van der Waals surface area contributed by atoms with Crippen LogP contribution < -0.4 is 10.1 Å². The van der Waals surface area contributed by atoms with E-state index in [2.05, 4.69) is 49.6 Å². The van der Waals surface area contributed by atoms with E-state index in [1.165, 1.54) is 4.80 Å². The minimum Gasteiger partial charge on any atom is -0.485 e. The summed E-state index contributed by atoms with van der Waals surface area (Å²) < 4.78 is 6.82. The lowest BCUT2D eigenvalue weighted by Gasteiger charge is -2.11. The van der Waals surface area contributed by atoms with Gasteiger partial charge in [-0.25, -0.2) is 0 Å². The molecule has 0 fully saturated rings. The standard InChI is InChI=1S/C13H18BrN5O/c1-3-6-15-8-10-7-11(14)4-5-12(10)20-9-13-16-18-19(2)17-13/h4-5,7,15H,3,6,8-9H2,1-2H3. The maximum absolute atomic E-state index is 5.78. The van der Waals surface area contributed by atoms with Crippen LogP contribution in [0.1, 0.15) is 24.7 Å². The van der Waals surface area contributed by atoms with Gasteiger partial charge in [0.05, 0.1) is 7.05 Å². The van der Waals surface area contributed by atoms with Gasteiger partial charge in [-0.2, -0.15) is 4.80 Å². The Morgan fingerprint density at radius 1 is 1.40 bits per heavy atom. The van der Waals surface area contributed by atoms with Crippen molar-refractivity contribution < 1.29 is 4.74 Å². The van der Waals surface area contributed by atoms with Gasteiger partial charge in [0.15, 0.2) is 6.61 Å². The molecular weight excluding hydrogens is 322 g/mol. The van der Waals surface area contributed by atoms with Gasteiger partial charge in [-0.05, 0) is 36.4 Å². The molecule has 0 aliphatic carbocycles. The molecule has 0 amide bonds. The Balaban J connectivity index is 2.01. The first-order valence-electron chi connectivity index (χ1n) is 6.54. The summed E-state index contributed by atoms with van der Waals surface area (Å²) in [5, 5.41) is 15.2. The number of benzene rings is 1. The van der Waals surface area contributed by atoms with E-state index in [1.807, 2.05) is 12.1 Å². The van der Waals surface area contributed by atoms with Gasteiger partial charge in [0.25, 0.3) is 0 Å². The molecule has 0 saturated heterocycles. The Hall–Kier alpha value is -1.47. The summed E-state index contributed by atoms with van der Waals surface area (Å²) in [7, 11) is 1.73. The second kappa shape index (κ2) is 7.35. The zero-order chi connectivity index (χ0) is 14.4. The molecule has 108 valence electrons. The molecule has 2 rings (SSSR count). The molecule has 20 heavy (non-hydrogen) atoms. The highest BCUT2D eigenvalue weighted by molar-refractivity contribution is 9.10. The lowest BCUT2D eigenvalue weighted by atomic mass is 10.2. The summed E-state index contributed by atoms with van der Waals surface area (Å²) in [6.45, 7) is 4.22. The summed E-state index contributed by atoms with van der Waals surface area (Å²) in [5.41, 5.74) is 1.11. The minimum absolute atomic E-state index is 0.316. The van der Waals surface area contributed by atoms with Gasteiger partial charge in [0.1, 0.15) is 5.75 Å². The first-order valence-corrected chi connectivity index (χ1v) is 7.33. The molecule has 1 heterocycles. The van der Waals surface area contributed by atoms with Crippen molar-refractivity contribution in [2.24, 2.45) is 7.05 Å². The molecule has 2 aromatic rings. The minimum atomic E-state index is 0.316. The van der Waals surface area contributed by atoms with Gasteiger partial charge in [-0.1, -0.05) is 22.9 Å². The van der Waals surface area contributed by atoms with Crippen LogP contribution in [0.5, 0.6) is 5.75 Å². The topological polar surface area (TPSA) is 64.9 Å². The third-order valence-corrected chi connectivity index (χ3v) is 3.16. The predicted molar refractivity (Wildman–Crippen MR) is 79.3 cm³/mol. The molecule has 0 aliphatic heterocycles. The van der Waals surface area contributed by atoms with E-state index < -0.39 is 0 Å². The normalized spacial score (nSPS) is 10.8. The second-order valence-corrected chi connectivity index (χ2v) is 5.33. The fourth-order valence-electron chi connectivity index (χ4n) is 1.75. The van der Waals surface area contributed by atoms with Gasteiger partial charge in [-0.15, -0.1) is 10.2 Å². The lowest BCUT2D eigenvalue weighted by Crippen LogP contribution is -2.14. The second-order valence-electron chi connectivity index (χ2n) is 4.41. The van der Waals surface area contributed by atoms with E-state index in [0.29, 0.717) is 12.4 Å². The molecule has 0 saturated carbocycles. The Morgan fingerprint density at radius 2 is 2.25 bits per heavy atom. The van der Waals surface area contributed by atoms with Crippen LogP contribution in [0.4, 0.5) is 0 Å². The van der Waals surface area contributed by atoms with E-state index in [4.69, 9.17) is 4.74 Å². The van der Waals surface area contributed by atoms with Crippen molar-refractivity contribution in [3.05, 3.63) is 34.1 Å². The highest BCUT2D eigenvalue weighted by Gasteiger charge is 2.07. The van der Waals surface area contributed by atoms with Crippen LogP contribution in [0, 0.1) is 0 Å². The van der Waals surface area contributed by atoms with Crippen LogP contribution in [0.2, 0.25) is 0 Å². The maximum atomic E-state index is 5.78. The largest absolute Gasteiger partial charge is 0.485 e. The zero-order valence-electron chi connectivity index (χ0n) is 11.6. The highest BCUT2D eigenvalue weighted by Crippen LogP contribution is 2.23.